The van der Waals surface area contributed by atoms with Crippen LogP contribution in [-0.2, 0) is 4.79 Å². The molecule has 1 aliphatic heterocycles. The Labute approximate surface area is 163 Å². The molecule has 0 saturated carbocycles. The summed E-state index contributed by atoms with van der Waals surface area (Å²) in [6.45, 7) is 4.05. The van der Waals surface area contributed by atoms with Gasteiger partial charge in [-0.15, -0.1) is 11.3 Å². The fourth-order valence-corrected chi connectivity index (χ4v) is 4.69. The maximum absolute atomic E-state index is 12.7. The number of hydrogen-bond acceptors (Lipinski definition) is 4. The van der Waals surface area contributed by atoms with E-state index < -0.39 is 0 Å². The number of benzene rings is 2. The Hall–Kier alpha value is -2.40. The topological polar surface area (TPSA) is 42.4 Å². The molecule has 4 nitrogen and oxygen atoms in total. The predicted octanol–water partition coefficient (Wildman–Crippen LogP) is 4.78. The maximum Gasteiger partial charge on any atom is 0.226 e. The second-order valence-electron chi connectivity index (χ2n) is 7.06. The van der Waals surface area contributed by atoms with E-state index in [4.69, 9.17) is 9.72 Å². The van der Waals surface area contributed by atoms with Crippen molar-refractivity contribution in [1.82, 2.24) is 9.88 Å². The van der Waals surface area contributed by atoms with Gasteiger partial charge in [-0.3, -0.25) is 4.79 Å². The summed E-state index contributed by atoms with van der Waals surface area (Å²) in [7, 11) is 0. The fraction of sp³-hybridized carbons (Fsp3) is 0.364. The second-order valence-corrected chi connectivity index (χ2v) is 8.12. The van der Waals surface area contributed by atoms with E-state index in [9.17, 15) is 4.79 Å². The molecule has 0 radical (unpaired) electrons. The lowest BCUT2D eigenvalue weighted by Gasteiger charge is -2.32. The van der Waals surface area contributed by atoms with Crippen LogP contribution in [0.15, 0.2) is 48.5 Å². The first-order valence-corrected chi connectivity index (χ1v) is 10.3. The van der Waals surface area contributed by atoms with E-state index in [1.165, 1.54) is 4.70 Å². The summed E-state index contributed by atoms with van der Waals surface area (Å²) in [5.41, 5.74) is 2.16. The smallest absolute Gasteiger partial charge is 0.226 e. The minimum absolute atomic E-state index is 0.175. The largest absolute Gasteiger partial charge is 0.493 e. The molecule has 1 fully saturated rings. The number of para-hydroxylation sites is 2. The number of ether oxygens (including phenoxy) is 1. The van der Waals surface area contributed by atoms with Gasteiger partial charge in [0.05, 0.1) is 28.3 Å². The van der Waals surface area contributed by atoms with Crippen molar-refractivity contribution in [2.24, 2.45) is 0 Å². The van der Waals surface area contributed by atoms with Gasteiger partial charge < -0.3 is 9.64 Å². The lowest BCUT2D eigenvalue weighted by Crippen LogP contribution is -2.39. The number of rotatable bonds is 5. The lowest BCUT2D eigenvalue weighted by atomic mass is 9.98. The number of amides is 1. The van der Waals surface area contributed by atoms with E-state index >= 15 is 0 Å². The average molecular weight is 381 g/mol. The van der Waals surface area contributed by atoms with Gasteiger partial charge in [0.25, 0.3) is 0 Å². The third-order valence-electron chi connectivity index (χ3n) is 5.10. The van der Waals surface area contributed by atoms with Crippen molar-refractivity contribution in [3.8, 4) is 5.75 Å². The highest BCUT2D eigenvalue weighted by Crippen LogP contribution is 2.33. The highest BCUT2D eigenvalue weighted by atomic mass is 32.1. The van der Waals surface area contributed by atoms with Crippen LogP contribution < -0.4 is 4.74 Å². The molecule has 0 N–H and O–H groups in total. The lowest BCUT2D eigenvalue weighted by molar-refractivity contribution is -0.132. The van der Waals surface area contributed by atoms with Crippen LogP contribution in [0.2, 0.25) is 0 Å². The quantitative estimate of drug-likeness (QED) is 0.640. The van der Waals surface area contributed by atoms with Crippen molar-refractivity contribution in [3.05, 3.63) is 59.1 Å². The van der Waals surface area contributed by atoms with Gasteiger partial charge in [-0.05, 0) is 43.5 Å². The average Bonchev–Trinajstić information content (AvgIpc) is 3.14. The van der Waals surface area contributed by atoms with Gasteiger partial charge in [0.1, 0.15) is 5.75 Å². The Morgan fingerprint density at radius 1 is 1.22 bits per heavy atom. The summed E-state index contributed by atoms with van der Waals surface area (Å²) in [5, 5.41) is 1.16. The van der Waals surface area contributed by atoms with Gasteiger partial charge in [-0.2, -0.15) is 0 Å². The molecule has 5 heteroatoms. The molecule has 1 atom stereocenters. The van der Waals surface area contributed by atoms with Crippen LogP contribution in [0.4, 0.5) is 0 Å². The van der Waals surface area contributed by atoms with Crippen molar-refractivity contribution in [1.29, 1.82) is 0 Å². The number of hydrogen-bond donors (Lipinski definition) is 0. The fourth-order valence-electron chi connectivity index (χ4n) is 3.59. The first-order valence-electron chi connectivity index (χ1n) is 9.52. The number of likely N-dealkylation sites (tertiary alicyclic amines) is 1. The van der Waals surface area contributed by atoms with Crippen LogP contribution in [0.5, 0.6) is 5.75 Å². The van der Waals surface area contributed by atoms with Gasteiger partial charge in [-0.25, -0.2) is 4.98 Å². The zero-order valence-electron chi connectivity index (χ0n) is 15.6. The molecule has 0 aliphatic carbocycles. The number of carbonyl (C=O) groups excluding carboxylic acids is 1. The van der Waals surface area contributed by atoms with Gasteiger partial charge in [-0.1, -0.05) is 30.3 Å². The Morgan fingerprint density at radius 2 is 2.04 bits per heavy atom. The molecule has 0 spiro atoms. The molecule has 1 aromatic heterocycles. The highest BCUT2D eigenvalue weighted by molar-refractivity contribution is 7.18. The maximum atomic E-state index is 12.7. The van der Waals surface area contributed by atoms with Gasteiger partial charge in [0, 0.05) is 19.0 Å². The Balaban J connectivity index is 1.34. The number of piperidine rings is 1. The molecule has 3 aromatic rings. The van der Waals surface area contributed by atoms with E-state index in [1.807, 2.05) is 42.2 Å². The number of aromatic nitrogens is 1. The predicted molar refractivity (Wildman–Crippen MR) is 109 cm³/mol. The van der Waals surface area contributed by atoms with Crippen LogP contribution in [0.25, 0.3) is 10.2 Å². The van der Waals surface area contributed by atoms with E-state index in [-0.39, 0.29) is 5.91 Å². The molecular formula is C22H24N2O2S. The highest BCUT2D eigenvalue weighted by Gasteiger charge is 2.26. The van der Waals surface area contributed by atoms with Crippen LogP contribution in [0.1, 0.15) is 35.8 Å². The zero-order valence-corrected chi connectivity index (χ0v) is 16.4. The summed E-state index contributed by atoms with van der Waals surface area (Å²) >= 11 is 1.76. The SMILES string of the molecule is Cc1ccccc1OCCC(=O)N1CCC[C@@H](c2nc3ccccc3s2)C1. The molecule has 2 heterocycles. The number of nitrogens with zero attached hydrogens (tertiary/aromatic N) is 2. The summed E-state index contributed by atoms with van der Waals surface area (Å²) in [6, 6.07) is 16.2. The van der Waals surface area contributed by atoms with Gasteiger partial charge in [0.2, 0.25) is 5.91 Å². The van der Waals surface area contributed by atoms with Crippen LogP contribution in [-0.4, -0.2) is 35.5 Å². The number of thiazole rings is 1. The van der Waals surface area contributed by atoms with Crippen LogP contribution in [0.3, 0.4) is 0 Å². The van der Waals surface area contributed by atoms with Crippen molar-refractivity contribution in [2.45, 2.75) is 32.1 Å². The number of carbonyl (C=O) groups is 1. The summed E-state index contributed by atoms with van der Waals surface area (Å²) in [6.07, 6.45) is 2.55. The molecular weight excluding hydrogens is 356 g/mol. The third-order valence-corrected chi connectivity index (χ3v) is 6.30. The van der Waals surface area contributed by atoms with Gasteiger partial charge in [0.15, 0.2) is 0 Å². The van der Waals surface area contributed by atoms with Crippen LogP contribution in [0, 0.1) is 6.92 Å². The summed E-state index contributed by atoms with van der Waals surface area (Å²) in [4.78, 5) is 19.4. The standard InChI is InChI=1S/C22H24N2O2S/c1-16-7-2-4-10-19(16)26-14-12-21(25)24-13-6-8-17(15-24)22-23-18-9-3-5-11-20(18)27-22/h2-5,7,9-11,17H,6,8,12-15H2,1H3/t17-/m1/s1. The van der Waals surface area contributed by atoms with Crippen molar-refractivity contribution in [2.75, 3.05) is 19.7 Å². The van der Waals surface area contributed by atoms with E-state index in [2.05, 4.69) is 18.2 Å². The van der Waals surface area contributed by atoms with Gasteiger partial charge >= 0.3 is 0 Å². The van der Waals surface area contributed by atoms with Crippen molar-refractivity contribution >= 4 is 27.5 Å². The molecule has 2 aromatic carbocycles. The molecule has 1 saturated heterocycles. The van der Waals surface area contributed by atoms with Crippen molar-refractivity contribution in [3.63, 3.8) is 0 Å². The monoisotopic (exact) mass is 380 g/mol. The number of aryl methyl sites for hydroxylation is 1. The van der Waals surface area contributed by atoms with E-state index in [1.54, 1.807) is 11.3 Å². The van der Waals surface area contributed by atoms with E-state index in [0.29, 0.717) is 18.9 Å². The molecule has 0 unspecified atom stereocenters. The van der Waals surface area contributed by atoms with Crippen molar-refractivity contribution < 1.29 is 9.53 Å². The molecule has 1 amide bonds. The zero-order chi connectivity index (χ0) is 18.6. The van der Waals surface area contributed by atoms with E-state index in [0.717, 1.165) is 47.8 Å². The third kappa shape index (κ3) is 4.14. The minimum Gasteiger partial charge on any atom is -0.493 e. The van der Waals surface area contributed by atoms with Crippen LogP contribution >= 0.6 is 11.3 Å². The Bertz CT molecular complexity index is 904. The summed E-state index contributed by atoms with van der Waals surface area (Å²) in [5.74, 6) is 1.38. The molecule has 1 aliphatic rings. The molecule has 4 rings (SSSR count). The first kappa shape index (κ1) is 18.0. The molecule has 27 heavy (non-hydrogen) atoms. The number of fused-ring (bicyclic) bond motifs is 1. The summed E-state index contributed by atoms with van der Waals surface area (Å²) < 4.78 is 7.02. The Kier molecular flexibility index (Phi) is 5.39. The normalized spacial score (nSPS) is 17.2. The molecule has 140 valence electrons. The Morgan fingerprint density at radius 3 is 2.89 bits per heavy atom. The first-order chi connectivity index (χ1) is 13.2. The minimum atomic E-state index is 0.175. The second kappa shape index (κ2) is 8.09. The molecule has 0 bridgehead atoms.